The second kappa shape index (κ2) is 4.28. The Morgan fingerprint density at radius 2 is 2.38 bits per heavy atom. The number of nitrogens with two attached hydrogens (primary N) is 1. The van der Waals surface area contributed by atoms with Crippen LogP contribution >= 0.6 is 0 Å². The molecule has 6 nitrogen and oxygen atoms in total. The van der Waals surface area contributed by atoms with Gasteiger partial charge in [-0.25, -0.2) is 4.79 Å². The van der Waals surface area contributed by atoms with E-state index in [0.29, 0.717) is 6.54 Å². The van der Waals surface area contributed by atoms with Gasteiger partial charge in [0.1, 0.15) is 0 Å². The number of urea groups is 1. The number of hydrogen-bond donors (Lipinski definition) is 2. The van der Waals surface area contributed by atoms with E-state index in [-0.39, 0.29) is 12.3 Å². The predicted molar refractivity (Wildman–Crippen MR) is 55.9 cm³/mol. The smallest absolute Gasteiger partial charge is 0.311 e. The first-order valence-electron chi connectivity index (χ1n) is 4.92. The molecule has 3 N–H and O–H groups in total. The Kier molecular flexibility index (Phi) is 2.82. The fraction of sp³-hybridized carbons (Fsp3) is 0.300. The number of imide groups is 1. The largest absolute Gasteiger partial charge is 0.325 e. The summed E-state index contributed by atoms with van der Waals surface area (Å²) in [5.41, 5.74) is 6.61. The third-order valence-electron chi connectivity index (χ3n) is 2.38. The topological polar surface area (TPSA) is 88.3 Å². The first kappa shape index (κ1) is 10.6. The number of carbonyl (C=O) groups is 2. The van der Waals surface area contributed by atoms with Crippen molar-refractivity contribution >= 4 is 11.9 Å². The highest BCUT2D eigenvalue weighted by molar-refractivity contribution is 5.97. The van der Waals surface area contributed by atoms with Gasteiger partial charge >= 0.3 is 6.03 Å². The Morgan fingerprint density at radius 1 is 1.56 bits per heavy atom. The monoisotopic (exact) mass is 220 g/mol. The van der Waals surface area contributed by atoms with Gasteiger partial charge in [-0.3, -0.25) is 15.1 Å². The van der Waals surface area contributed by atoms with E-state index in [1.165, 1.54) is 4.90 Å². The molecule has 2 rings (SSSR count). The van der Waals surface area contributed by atoms with E-state index in [0.717, 1.165) is 5.56 Å². The summed E-state index contributed by atoms with van der Waals surface area (Å²) in [5.74, 6) is -0.333. The molecule has 0 aromatic carbocycles. The lowest BCUT2D eigenvalue weighted by molar-refractivity contribution is -0.122. The lowest BCUT2D eigenvalue weighted by atomic mass is 10.2. The zero-order valence-corrected chi connectivity index (χ0v) is 8.59. The van der Waals surface area contributed by atoms with Crippen molar-refractivity contribution in [3.8, 4) is 0 Å². The van der Waals surface area contributed by atoms with Crippen LogP contribution in [0.15, 0.2) is 24.5 Å². The van der Waals surface area contributed by atoms with E-state index in [2.05, 4.69) is 10.3 Å². The van der Waals surface area contributed by atoms with E-state index < -0.39 is 12.2 Å². The molecule has 1 aromatic heterocycles. The van der Waals surface area contributed by atoms with Gasteiger partial charge < -0.3 is 10.6 Å². The molecule has 1 aliphatic heterocycles. The Bertz CT molecular complexity index is 407. The number of nitrogens with zero attached hydrogens (tertiary/aromatic N) is 2. The molecule has 6 heteroatoms. The highest BCUT2D eigenvalue weighted by Gasteiger charge is 2.29. The summed E-state index contributed by atoms with van der Waals surface area (Å²) in [7, 11) is 0. The van der Waals surface area contributed by atoms with Crippen molar-refractivity contribution in [1.82, 2.24) is 15.2 Å². The van der Waals surface area contributed by atoms with E-state index in [4.69, 9.17) is 5.73 Å². The van der Waals surface area contributed by atoms with Crippen LogP contribution in [0, 0.1) is 0 Å². The second-order valence-electron chi connectivity index (χ2n) is 3.61. The summed E-state index contributed by atoms with van der Waals surface area (Å²) in [6.45, 7) is 0.355. The summed E-state index contributed by atoms with van der Waals surface area (Å²) < 4.78 is 0. The average molecular weight is 220 g/mol. The summed E-state index contributed by atoms with van der Waals surface area (Å²) in [6, 6.07) is 3.18. The molecule has 1 fully saturated rings. The van der Waals surface area contributed by atoms with Crippen LogP contribution in [0.2, 0.25) is 0 Å². The molecule has 0 bridgehead atoms. The number of pyridine rings is 1. The van der Waals surface area contributed by atoms with Gasteiger partial charge in [0.25, 0.3) is 0 Å². The highest BCUT2D eigenvalue weighted by Crippen LogP contribution is 2.10. The number of carbonyl (C=O) groups excluding carboxylic acids is 2. The molecule has 1 unspecified atom stereocenters. The Labute approximate surface area is 92.4 Å². The Morgan fingerprint density at radius 3 is 3.00 bits per heavy atom. The summed E-state index contributed by atoms with van der Waals surface area (Å²) in [4.78, 5) is 27.9. The normalized spacial score (nSPS) is 20.8. The zero-order chi connectivity index (χ0) is 11.5. The molecule has 0 radical (unpaired) electrons. The minimum atomic E-state index is -0.568. The van der Waals surface area contributed by atoms with E-state index in [1.807, 2.05) is 6.07 Å². The van der Waals surface area contributed by atoms with Crippen LogP contribution in [-0.4, -0.2) is 28.0 Å². The fourth-order valence-electron chi connectivity index (χ4n) is 1.57. The minimum absolute atomic E-state index is 0.131. The molecule has 1 saturated heterocycles. The van der Waals surface area contributed by atoms with Crippen molar-refractivity contribution in [2.24, 2.45) is 5.73 Å². The Balaban J connectivity index is 2.09. The van der Waals surface area contributed by atoms with Gasteiger partial charge in [0.15, 0.2) is 0 Å². The lowest BCUT2D eigenvalue weighted by Gasteiger charge is -2.32. The quantitative estimate of drug-likeness (QED) is 0.723. The van der Waals surface area contributed by atoms with Crippen molar-refractivity contribution in [3.63, 3.8) is 0 Å². The first-order valence-corrected chi connectivity index (χ1v) is 4.92. The van der Waals surface area contributed by atoms with Gasteiger partial charge in [0.2, 0.25) is 5.91 Å². The lowest BCUT2D eigenvalue weighted by Crippen LogP contribution is -2.57. The van der Waals surface area contributed by atoms with Crippen LogP contribution in [0.1, 0.15) is 12.0 Å². The third kappa shape index (κ3) is 2.17. The van der Waals surface area contributed by atoms with Gasteiger partial charge in [-0.2, -0.15) is 0 Å². The minimum Gasteiger partial charge on any atom is -0.311 e. The van der Waals surface area contributed by atoms with Crippen LogP contribution in [-0.2, 0) is 11.3 Å². The van der Waals surface area contributed by atoms with Crippen LogP contribution in [0.3, 0.4) is 0 Å². The van der Waals surface area contributed by atoms with Crippen molar-refractivity contribution in [2.45, 2.75) is 19.1 Å². The number of nitrogens with one attached hydrogen (secondary N) is 1. The number of amides is 3. The van der Waals surface area contributed by atoms with Gasteiger partial charge in [0, 0.05) is 12.4 Å². The highest BCUT2D eigenvalue weighted by atomic mass is 16.2. The third-order valence-corrected chi connectivity index (χ3v) is 2.38. The second-order valence-corrected chi connectivity index (χ2v) is 3.61. The maximum atomic E-state index is 11.5. The summed E-state index contributed by atoms with van der Waals surface area (Å²) in [6.07, 6.45) is 2.88. The first-order chi connectivity index (χ1) is 7.66. The molecule has 2 heterocycles. The van der Waals surface area contributed by atoms with Crippen molar-refractivity contribution in [1.29, 1.82) is 0 Å². The summed E-state index contributed by atoms with van der Waals surface area (Å²) in [5, 5.41) is 2.23. The summed E-state index contributed by atoms with van der Waals surface area (Å²) >= 11 is 0. The molecule has 16 heavy (non-hydrogen) atoms. The number of hydrogen-bond acceptors (Lipinski definition) is 4. The van der Waals surface area contributed by atoms with Crippen molar-refractivity contribution < 1.29 is 9.59 Å². The predicted octanol–water partition coefficient (Wildman–Crippen LogP) is -0.192. The van der Waals surface area contributed by atoms with E-state index >= 15 is 0 Å². The average Bonchev–Trinajstić information content (AvgIpc) is 2.25. The molecule has 1 aromatic rings. The van der Waals surface area contributed by atoms with Crippen molar-refractivity contribution in [2.75, 3.05) is 0 Å². The SMILES string of the molecule is NC1CC(=O)NC(=O)N1Cc1cccnc1. The van der Waals surface area contributed by atoms with Crippen molar-refractivity contribution in [3.05, 3.63) is 30.1 Å². The molecular weight excluding hydrogens is 208 g/mol. The molecular formula is C10H12N4O2. The standard InChI is InChI=1S/C10H12N4O2/c11-8-4-9(15)13-10(16)14(8)6-7-2-1-3-12-5-7/h1-3,5,8H,4,6,11H2,(H,13,15,16). The van der Waals surface area contributed by atoms with Gasteiger partial charge in [-0.1, -0.05) is 6.07 Å². The van der Waals surface area contributed by atoms with Gasteiger partial charge in [-0.15, -0.1) is 0 Å². The Hall–Kier alpha value is -1.95. The zero-order valence-electron chi connectivity index (χ0n) is 8.59. The molecule has 84 valence electrons. The molecule has 0 saturated carbocycles. The molecule has 0 spiro atoms. The number of rotatable bonds is 2. The molecule has 1 atom stereocenters. The van der Waals surface area contributed by atoms with Crippen LogP contribution in [0.4, 0.5) is 4.79 Å². The van der Waals surface area contributed by atoms with Gasteiger partial charge in [0.05, 0.1) is 19.1 Å². The van der Waals surface area contributed by atoms with Gasteiger partial charge in [-0.05, 0) is 11.6 Å². The fourth-order valence-corrected chi connectivity index (χ4v) is 1.57. The number of aromatic nitrogens is 1. The van der Waals surface area contributed by atoms with Crippen LogP contribution in [0.5, 0.6) is 0 Å². The molecule has 3 amide bonds. The van der Waals surface area contributed by atoms with E-state index in [9.17, 15) is 9.59 Å². The maximum Gasteiger partial charge on any atom is 0.325 e. The van der Waals surface area contributed by atoms with Crippen LogP contribution in [0.25, 0.3) is 0 Å². The molecule has 0 aliphatic carbocycles. The van der Waals surface area contributed by atoms with E-state index in [1.54, 1.807) is 18.5 Å². The molecule has 1 aliphatic rings. The maximum absolute atomic E-state index is 11.5. The van der Waals surface area contributed by atoms with Crippen LogP contribution < -0.4 is 11.1 Å².